The van der Waals surface area contributed by atoms with Crippen LogP contribution in [0.15, 0.2) is 24.3 Å². The quantitative estimate of drug-likeness (QED) is 0.794. The van der Waals surface area contributed by atoms with Gasteiger partial charge >= 0.3 is 0 Å². The van der Waals surface area contributed by atoms with E-state index in [0.717, 1.165) is 74.9 Å². The fourth-order valence-electron chi connectivity index (χ4n) is 7.92. The van der Waals surface area contributed by atoms with Crippen LogP contribution in [-0.2, 0) is 9.59 Å². The highest BCUT2D eigenvalue weighted by Crippen LogP contribution is 2.62. The number of carbonyl (C=O) groups excluding carboxylic acids is 2. The number of carbonyl (C=O) groups is 2. The number of amides is 2. The number of nitrogens with zero attached hydrogens (tertiary/aromatic N) is 2. The molecule has 6 nitrogen and oxygen atoms in total. The summed E-state index contributed by atoms with van der Waals surface area (Å²) in [5, 5.41) is 3.29. The molecule has 4 saturated carbocycles. The summed E-state index contributed by atoms with van der Waals surface area (Å²) in [4.78, 5) is 36.4. The molecule has 1 aromatic carbocycles. The topological polar surface area (TPSA) is 78.1 Å². The molecular formula is C25H32N4O2. The van der Waals surface area contributed by atoms with E-state index in [0.29, 0.717) is 17.7 Å². The first-order chi connectivity index (χ1) is 14.9. The Morgan fingerprint density at radius 2 is 1.94 bits per heavy atom. The average molecular weight is 421 g/mol. The first-order valence-electron chi connectivity index (χ1n) is 12.0. The number of nitrogens with one attached hydrogen (secondary N) is 2. The third-order valence-electron chi connectivity index (χ3n) is 8.46. The highest BCUT2D eigenvalue weighted by Gasteiger charge is 2.61. The maximum absolute atomic E-state index is 14.0. The van der Waals surface area contributed by atoms with Crippen LogP contribution in [0.4, 0.5) is 0 Å². The number of hydrogen-bond acceptors (Lipinski definition) is 3. The molecule has 0 radical (unpaired) electrons. The summed E-state index contributed by atoms with van der Waals surface area (Å²) in [6.45, 7) is 3.22. The molecule has 2 amide bonds. The van der Waals surface area contributed by atoms with Crippen molar-refractivity contribution in [3.8, 4) is 0 Å². The molecule has 5 atom stereocenters. The lowest BCUT2D eigenvalue weighted by Gasteiger charge is -2.62. The van der Waals surface area contributed by atoms with Crippen molar-refractivity contribution in [2.45, 2.75) is 69.7 Å². The van der Waals surface area contributed by atoms with Crippen molar-refractivity contribution in [3.63, 3.8) is 0 Å². The second-order valence-electron chi connectivity index (χ2n) is 10.9. The number of hydrogen-bond donors (Lipinski definition) is 2. The average Bonchev–Trinajstić information content (AvgIpc) is 3.16. The Bertz CT molecular complexity index is 996. The molecule has 5 fully saturated rings. The van der Waals surface area contributed by atoms with E-state index >= 15 is 0 Å². The first-order valence-corrected chi connectivity index (χ1v) is 12.0. The van der Waals surface area contributed by atoms with E-state index < -0.39 is 0 Å². The van der Waals surface area contributed by atoms with Gasteiger partial charge in [0.25, 0.3) is 0 Å². The van der Waals surface area contributed by atoms with E-state index in [1.807, 2.05) is 18.2 Å². The minimum Gasteiger partial charge on any atom is -0.351 e. The van der Waals surface area contributed by atoms with Gasteiger partial charge in [-0.1, -0.05) is 12.1 Å². The molecule has 5 aliphatic rings. The van der Waals surface area contributed by atoms with Gasteiger partial charge < -0.3 is 15.2 Å². The summed E-state index contributed by atoms with van der Waals surface area (Å²) >= 11 is 0. The van der Waals surface area contributed by atoms with Gasteiger partial charge in [0, 0.05) is 31.5 Å². The molecule has 2 aromatic rings. The van der Waals surface area contributed by atoms with Crippen LogP contribution in [0, 0.1) is 17.3 Å². The number of rotatable bonds is 3. The summed E-state index contributed by atoms with van der Waals surface area (Å²) in [6, 6.07) is 8.15. The molecule has 1 aliphatic heterocycles. The highest BCUT2D eigenvalue weighted by atomic mass is 16.2. The first kappa shape index (κ1) is 19.3. The molecule has 0 spiro atoms. The van der Waals surface area contributed by atoms with Gasteiger partial charge in [0.1, 0.15) is 5.82 Å². The second kappa shape index (κ2) is 6.81. The normalized spacial score (nSPS) is 36.7. The number of fused-ring (bicyclic) bond motifs is 1. The lowest BCUT2D eigenvalue weighted by Crippen LogP contribution is -2.66. The van der Waals surface area contributed by atoms with E-state index in [9.17, 15) is 9.59 Å². The predicted octanol–water partition coefficient (Wildman–Crippen LogP) is 3.74. The van der Waals surface area contributed by atoms with E-state index in [2.05, 4.69) is 21.3 Å². The standard InChI is InChI=1S/C25H32N4O2/c1-16(30)28-25-12-17-9-18(13-25)11-24(10-17,15-25)23(31)29-8-4-5-19(14-29)22-26-20-6-2-3-7-21(20)27-22/h2-3,6-7,17-19H,4-5,8-15H2,1H3,(H,26,27)(H,28,30)/t17-,18+,19-,24?,25?/m1/s1. The molecule has 4 aliphatic carbocycles. The van der Waals surface area contributed by atoms with Crippen molar-refractivity contribution >= 4 is 22.8 Å². The zero-order valence-corrected chi connectivity index (χ0v) is 18.3. The van der Waals surface area contributed by atoms with Gasteiger partial charge in [0.05, 0.1) is 16.4 Å². The van der Waals surface area contributed by atoms with Crippen LogP contribution in [-0.4, -0.2) is 45.3 Å². The van der Waals surface area contributed by atoms with Gasteiger partial charge in [0.2, 0.25) is 11.8 Å². The van der Waals surface area contributed by atoms with Gasteiger partial charge in [-0.05, 0) is 75.3 Å². The Hall–Kier alpha value is -2.37. The van der Waals surface area contributed by atoms with Crippen molar-refractivity contribution < 1.29 is 9.59 Å². The van der Waals surface area contributed by atoms with E-state index in [4.69, 9.17) is 4.98 Å². The number of imidazole rings is 1. The van der Waals surface area contributed by atoms with Crippen molar-refractivity contribution in [2.75, 3.05) is 13.1 Å². The Kier molecular flexibility index (Phi) is 4.25. The molecule has 1 aromatic heterocycles. The smallest absolute Gasteiger partial charge is 0.228 e. The Morgan fingerprint density at radius 1 is 1.16 bits per heavy atom. The van der Waals surface area contributed by atoms with Crippen molar-refractivity contribution in [3.05, 3.63) is 30.1 Å². The molecule has 2 N–H and O–H groups in total. The summed E-state index contributed by atoms with van der Waals surface area (Å²) in [6.07, 6.45) is 8.28. The minimum absolute atomic E-state index is 0.0486. The summed E-state index contributed by atoms with van der Waals surface area (Å²) in [5.41, 5.74) is 1.64. The van der Waals surface area contributed by atoms with Gasteiger partial charge in [-0.3, -0.25) is 9.59 Å². The van der Waals surface area contributed by atoms with Crippen LogP contribution in [0.1, 0.15) is 70.0 Å². The fourth-order valence-corrected chi connectivity index (χ4v) is 7.92. The van der Waals surface area contributed by atoms with E-state index in [1.54, 1.807) is 6.92 Å². The van der Waals surface area contributed by atoms with Gasteiger partial charge in [0.15, 0.2) is 0 Å². The third kappa shape index (κ3) is 3.17. The maximum atomic E-state index is 14.0. The Morgan fingerprint density at radius 3 is 2.68 bits per heavy atom. The van der Waals surface area contributed by atoms with Crippen LogP contribution in [0.2, 0.25) is 0 Å². The van der Waals surface area contributed by atoms with Gasteiger partial charge in [-0.25, -0.2) is 4.98 Å². The van der Waals surface area contributed by atoms with Crippen molar-refractivity contribution in [1.29, 1.82) is 0 Å². The lowest BCUT2D eigenvalue weighted by atomic mass is 9.46. The Balaban J connectivity index is 1.25. The van der Waals surface area contributed by atoms with Crippen LogP contribution < -0.4 is 5.32 Å². The largest absolute Gasteiger partial charge is 0.351 e. The number of H-pyrrole nitrogens is 1. The number of para-hydroxylation sites is 2. The Labute approximate surface area is 183 Å². The zero-order valence-electron chi connectivity index (χ0n) is 18.3. The van der Waals surface area contributed by atoms with Gasteiger partial charge in [-0.15, -0.1) is 0 Å². The van der Waals surface area contributed by atoms with Crippen LogP contribution in [0.3, 0.4) is 0 Å². The molecule has 2 unspecified atom stereocenters. The van der Waals surface area contributed by atoms with Crippen LogP contribution in [0.25, 0.3) is 11.0 Å². The number of aromatic nitrogens is 2. The monoisotopic (exact) mass is 420 g/mol. The molecule has 31 heavy (non-hydrogen) atoms. The predicted molar refractivity (Wildman–Crippen MR) is 118 cm³/mol. The minimum atomic E-state index is -0.275. The number of benzene rings is 1. The third-order valence-corrected chi connectivity index (χ3v) is 8.46. The molecule has 4 bridgehead atoms. The van der Waals surface area contributed by atoms with Crippen LogP contribution >= 0.6 is 0 Å². The summed E-state index contributed by atoms with van der Waals surface area (Å²) in [5.74, 6) is 2.83. The van der Waals surface area contributed by atoms with Crippen molar-refractivity contribution in [1.82, 2.24) is 20.2 Å². The van der Waals surface area contributed by atoms with E-state index in [-0.39, 0.29) is 22.8 Å². The summed E-state index contributed by atoms with van der Waals surface area (Å²) in [7, 11) is 0. The SMILES string of the molecule is CC(=O)NC12C[C@H]3C[C@@H](C1)CC(C(=O)N1CCC[C@@H](c4nc5ccccc5[nH]4)C1)(C3)C2. The number of aromatic amines is 1. The second-order valence-corrected chi connectivity index (χ2v) is 10.9. The molecule has 1 saturated heterocycles. The van der Waals surface area contributed by atoms with Gasteiger partial charge in [-0.2, -0.15) is 0 Å². The molecule has 2 heterocycles. The highest BCUT2D eigenvalue weighted by molar-refractivity contribution is 5.84. The zero-order chi connectivity index (χ0) is 21.2. The molecule has 7 rings (SSSR count). The lowest BCUT2D eigenvalue weighted by molar-refractivity contribution is -0.164. The number of likely N-dealkylation sites (tertiary alicyclic amines) is 1. The summed E-state index contributed by atoms with van der Waals surface area (Å²) < 4.78 is 0. The van der Waals surface area contributed by atoms with E-state index in [1.165, 1.54) is 6.42 Å². The van der Waals surface area contributed by atoms with Crippen molar-refractivity contribution in [2.24, 2.45) is 17.3 Å². The molecule has 6 heteroatoms. The number of piperidine rings is 1. The molecular weight excluding hydrogens is 388 g/mol. The molecule has 164 valence electrons. The maximum Gasteiger partial charge on any atom is 0.228 e. The van der Waals surface area contributed by atoms with Crippen LogP contribution in [0.5, 0.6) is 0 Å². The fraction of sp³-hybridized carbons (Fsp3) is 0.640.